The maximum Gasteiger partial charge on any atom is 0.188 e. The van der Waals surface area contributed by atoms with Gasteiger partial charge in [-0.15, -0.1) is 0 Å². The van der Waals surface area contributed by atoms with Gasteiger partial charge in [0.15, 0.2) is 6.79 Å². The molecule has 0 radical (unpaired) electrons. The first-order valence-electron chi connectivity index (χ1n) is 3.58. The van der Waals surface area contributed by atoms with Crippen LogP contribution >= 0.6 is 0 Å². The molecule has 0 aromatic carbocycles. The molecular formula is C8H16O2. The van der Waals surface area contributed by atoms with E-state index in [0.29, 0.717) is 12.7 Å². The van der Waals surface area contributed by atoms with Gasteiger partial charge in [0.05, 0.1) is 12.9 Å². The molecule has 0 spiro atoms. The molecule has 2 nitrogen and oxygen atoms in total. The maximum atomic E-state index is 5.12. The smallest absolute Gasteiger partial charge is 0.188 e. The van der Waals surface area contributed by atoms with Gasteiger partial charge in [-0.1, -0.05) is 19.9 Å². The van der Waals surface area contributed by atoms with Gasteiger partial charge in [0, 0.05) is 0 Å². The van der Waals surface area contributed by atoms with Crippen molar-refractivity contribution in [3.8, 4) is 0 Å². The van der Waals surface area contributed by atoms with Crippen molar-refractivity contribution in [3.05, 3.63) is 12.3 Å². The van der Waals surface area contributed by atoms with Gasteiger partial charge in [-0.3, -0.25) is 0 Å². The van der Waals surface area contributed by atoms with Crippen molar-refractivity contribution in [1.29, 1.82) is 0 Å². The number of hydrogen-bond acceptors (Lipinski definition) is 2. The summed E-state index contributed by atoms with van der Waals surface area (Å²) in [6.45, 7) is 7.24. The lowest BCUT2D eigenvalue weighted by Gasteiger charge is -2.04. The molecule has 0 saturated heterocycles. The molecule has 10 heavy (non-hydrogen) atoms. The third kappa shape index (κ3) is 7.50. The Kier molecular flexibility index (Phi) is 6.29. The number of ether oxygens (including phenoxy) is 2. The highest BCUT2D eigenvalue weighted by Crippen LogP contribution is 1.91. The lowest BCUT2D eigenvalue weighted by atomic mass is 10.2. The van der Waals surface area contributed by atoms with Gasteiger partial charge in [-0.25, -0.2) is 0 Å². The van der Waals surface area contributed by atoms with E-state index in [1.165, 1.54) is 0 Å². The molecule has 0 saturated carbocycles. The summed E-state index contributed by atoms with van der Waals surface area (Å²) >= 11 is 0. The third-order valence-corrected chi connectivity index (χ3v) is 0.835. The minimum Gasteiger partial charge on any atom is -0.476 e. The van der Waals surface area contributed by atoms with Crippen LogP contribution in [-0.4, -0.2) is 13.4 Å². The molecule has 2 heteroatoms. The molecule has 0 aliphatic carbocycles. The van der Waals surface area contributed by atoms with Gasteiger partial charge in [0.2, 0.25) is 0 Å². The summed E-state index contributed by atoms with van der Waals surface area (Å²) in [5.74, 6) is 0.578. The third-order valence-electron chi connectivity index (χ3n) is 0.835. The molecule has 0 aromatic rings. The molecule has 0 aliphatic heterocycles. The summed E-state index contributed by atoms with van der Waals surface area (Å²) in [7, 11) is 0. The van der Waals surface area contributed by atoms with Gasteiger partial charge >= 0.3 is 0 Å². The largest absolute Gasteiger partial charge is 0.476 e. The quantitative estimate of drug-likeness (QED) is 0.334. The SMILES string of the molecule is CC=COCOCC(C)C. The Labute approximate surface area is 62.8 Å². The Morgan fingerprint density at radius 3 is 2.60 bits per heavy atom. The average Bonchev–Trinajstić information content (AvgIpc) is 1.87. The van der Waals surface area contributed by atoms with Crippen LogP contribution < -0.4 is 0 Å². The van der Waals surface area contributed by atoms with E-state index in [2.05, 4.69) is 13.8 Å². The van der Waals surface area contributed by atoms with Crippen molar-refractivity contribution in [3.63, 3.8) is 0 Å². The zero-order valence-electron chi connectivity index (χ0n) is 6.96. The van der Waals surface area contributed by atoms with Gasteiger partial charge in [-0.2, -0.15) is 0 Å². The van der Waals surface area contributed by atoms with E-state index in [9.17, 15) is 0 Å². The fourth-order valence-corrected chi connectivity index (χ4v) is 0.467. The minimum absolute atomic E-state index is 0.364. The Morgan fingerprint density at radius 1 is 1.40 bits per heavy atom. The average molecular weight is 144 g/mol. The molecule has 0 bridgehead atoms. The first-order chi connectivity index (χ1) is 4.77. The van der Waals surface area contributed by atoms with Crippen LogP contribution in [0, 0.1) is 5.92 Å². The van der Waals surface area contributed by atoms with E-state index < -0.39 is 0 Å². The Bertz CT molecular complexity index is 87.3. The fourth-order valence-electron chi connectivity index (χ4n) is 0.467. The lowest BCUT2D eigenvalue weighted by Crippen LogP contribution is -2.03. The normalized spacial score (nSPS) is 11.2. The van der Waals surface area contributed by atoms with Crippen LogP contribution in [0.25, 0.3) is 0 Å². The van der Waals surface area contributed by atoms with Crippen LogP contribution in [-0.2, 0) is 9.47 Å². The summed E-state index contributed by atoms with van der Waals surface area (Å²) in [6.07, 6.45) is 3.46. The maximum absolute atomic E-state index is 5.12. The Hall–Kier alpha value is -0.500. The molecule has 60 valence electrons. The molecule has 0 rings (SSSR count). The lowest BCUT2D eigenvalue weighted by molar-refractivity contribution is -0.0219. The molecule has 0 fully saturated rings. The van der Waals surface area contributed by atoms with E-state index in [-0.39, 0.29) is 0 Å². The van der Waals surface area contributed by atoms with Crippen LogP contribution in [0.5, 0.6) is 0 Å². The second-order valence-corrected chi connectivity index (χ2v) is 2.52. The van der Waals surface area contributed by atoms with Crippen molar-refractivity contribution in [1.82, 2.24) is 0 Å². The fraction of sp³-hybridized carbons (Fsp3) is 0.750. The summed E-state index contributed by atoms with van der Waals surface area (Å²) < 4.78 is 10.1. The molecule has 0 unspecified atom stereocenters. The van der Waals surface area contributed by atoms with Crippen LogP contribution in [0.4, 0.5) is 0 Å². The second-order valence-electron chi connectivity index (χ2n) is 2.52. The van der Waals surface area contributed by atoms with E-state index >= 15 is 0 Å². The number of hydrogen-bond donors (Lipinski definition) is 0. The standard InChI is InChI=1S/C8H16O2/c1-4-5-9-7-10-6-8(2)3/h4-5,8H,6-7H2,1-3H3. The Balaban J connectivity index is 2.91. The predicted molar refractivity (Wildman–Crippen MR) is 41.6 cm³/mol. The van der Waals surface area contributed by atoms with Crippen molar-refractivity contribution < 1.29 is 9.47 Å². The summed E-state index contributed by atoms with van der Waals surface area (Å²) in [6, 6.07) is 0. The van der Waals surface area contributed by atoms with Gasteiger partial charge in [0.25, 0.3) is 0 Å². The predicted octanol–water partition coefficient (Wildman–Crippen LogP) is 2.17. The molecule has 0 atom stereocenters. The summed E-state index contributed by atoms with van der Waals surface area (Å²) in [5.41, 5.74) is 0. The second kappa shape index (κ2) is 6.62. The highest BCUT2D eigenvalue weighted by Gasteiger charge is 1.90. The summed E-state index contributed by atoms with van der Waals surface area (Å²) in [5, 5.41) is 0. The monoisotopic (exact) mass is 144 g/mol. The van der Waals surface area contributed by atoms with Gasteiger partial charge < -0.3 is 9.47 Å². The Morgan fingerprint density at radius 2 is 2.10 bits per heavy atom. The van der Waals surface area contributed by atoms with E-state index in [1.807, 2.05) is 13.0 Å². The van der Waals surface area contributed by atoms with E-state index in [0.717, 1.165) is 6.61 Å². The zero-order chi connectivity index (χ0) is 7.82. The van der Waals surface area contributed by atoms with Gasteiger partial charge in [0.1, 0.15) is 0 Å². The van der Waals surface area contributed by atoms with E-state index in [1.54, 1.807) is 6.26 Å². The van der Waals surface area contributed by atoms with Gasteiger partial charge in [-0.05, 0) is 12.8 Å². The molecule has 0 amide bonds. The summed E-state index contributed by atoms with van der Waals surface area (Å²) in [4.78, 5) is 0. The van der Waals surface area contributed by atoms with Crippen LogP contribution in [0.2, 0.25) is 0 Å². The minimum atomic E-state index is 0.364. The number of allylic oxidation sites excluding steroid dienone is 1. The molecule has 0 aromatic heterocycles. The molecule has 0 N–H and O–H groups in total. The highest BCUT2D eigenvalue weighted by atomic mass is 16.7. The topological polar surface area (TPSA) is 18.5 Å². The van der Waals surface area contributed by atoms with Crippen molar-refractivity contribution in [2.24, 2.45) is 5.92 Å². The highest BCUT2D eigenvalue weighted by molar-refractivity contribution is 4.63. The first-order valence-corrected chi connectivity index (χ1v) is 3.58. The van der Waals surface area contributed by atoms with Crippen molar-refractivity contribution in [2.75, 3.05) is 13.4 Å². The van der Waals surface area contributed by atoms with Crippen LogP contribution in [0.1, 0.15) is 20.8 Å². The van der Waals surface area contributed by atoms with Crippen LogP contribution in [0.3, 0.4) is 0 Å². The van der Waals surface area contributed by atoms with Crippen molar-refractivity contribution >= 4 is 0 Å². The van der Waals surface area contributed by atoms with Crippen LogP contribution in [0.15, 0.2) is 12.3 Å². The molecule has 0 aliphatic rings. The molecule has 0 heterocycles. The zero-order valence-corrected chi connectivity index (χ0v) is 6.96. The van der Waals surface area contributed by atoms with E-state index in [4.69, 9.17) is 9.47 Å². The first kappa shape index (κ1) is 9.50. The van der Waals surface area contributed by atoms with Crippen molar-refractivity contribution in [2.45, 2.75) is 20.8 Å². The number of rotatable bonds is 5. The molecular weight excluding hydrogens is 128 g/mol.